The van der Waals surface area contributed by atoms with Crippen LogP contribution in [-0.2, 0) is 6.54 Å². The summed E-state index contributed by atoms with van der Waals surface area (Å²) in [5.41, 5.74) is 0.974. The van der Waals surface area contributed by atoms with Gasteiger partial charge < -0.3 is 5.32 Å². The maximum absolute atomic E-state index is 13.3. The van der Waals surface area contributed by atoms with E-state index in [-0.39, 0.29) is 5.82 Å². The van der Waals surface area contributed by atoms with Gasteiger partial charge in [-0.3, -0.25) is 0 Å². The number of rotatable bonds is 6. The zero-order valence-corrected chi connectivity index (χ0v) is 12.3. The number of halogens is 2. The summed E-state index contributed by atoms with van der Waals surface area (Å²) in [6, 6.07) is 5.62. The van der Waals surface area contributed by atoms with Gasteiger partial charge in [0.15, 0.2) is 0 Å². The monoisotopic (exact) mass is 301 g/mol. The normalized spacial score (nSPS) is 13.1. The molecular formula is C14H21BrFN. The van der Waals surface area contributed by atoms with Crippen molar-refractivity contribution in [2.24, 2.45) is 5.92 Å². The molecule has 96 valence electrons. The van der Waals surface area contributed by atoms with Crippen LogP contribution in [0.25, 0.3) is 0 Å². The molecule has 1 rings (SSSR count). The molecule has 0 bridgehead atoms. The summed E-state index contributed by atoms with van der Waals surface area (Å²) >= 11 is 3.28. The van der Waals surface area contributed by atoms with Gasteiger partial charge in [-0.2, -0.15) is 0 Å². The molecule has 1 aromatic carbocycles. The van der Waals surface area contributed by atoms with Crippen LogP contribution in [0.3, 0.4) is 0 Å². The Labute approximate surface area is 112 Å². The van der Waals surface area contributed by atoms with E-state index in [0.717, 1.165) is 17.9 Å². The van der Waals surface area contributed by atoms with Gasteiger partial charge in [-0.1, -0.05) is 26.0 Å². The molecule has 0 aromatic heterocycles. The molecule has 0 radical (unpaired) electrons. The highest BCUT2D eigenvalue weighted by atomic mass is 79.9. The van der Waals surface area contributed by atoms with Crippen LogP contribution in [0.1, 0.15) is 39.2 Å². The fourth-order valence-electron chi connectivity index (χ4n) is 1.65. The first kappa shape index (κ1) is 14.7. The molecule has 1 N–H and O–H groups in total. The summed E-state index contributed by atoms with van der Waals surface area (Å²) in [5, 5.41) is 3.43. The predicted molar refractivity (Wildman–Crippen MR) is 74.5 cm³/mol. The van der Waals surface area contributed by atoms with Gasteiger partial charge in [0.05, 0.1) is 4.47 Å². The molecule has 0 spiro atoms. The van der Waals surface area contributed by atoms with Crippen molar-refractivity contribution in [2.75, 3.05) is 0 Å². The second-order valence-corrected chi connectivity index (χ2v) is 5.76. The lowest BCUT2D eigenvalue weighted by Crippen LogP contribution is -2.26. The highest BCUT2D eigenvalue weighted by Crippen LogP contribution is 2.20. The van der Waals surface area contributed by atoms with Crippen molar-refractivity contribution in [3.8, 4) is 0 Å². The van der Waals surface area contributed by atoms with Crippen LogP contribution >= 0.6 is 15.9 Å². The topological polar surface area (TPSA) is 12.0 Å². The summed E-state index contributed by atoms with van der Waals surface area (Å²) in [4.78, 5) is 0. The first-order chi connectivity index (χ1) is 8.00. The summed E-state index contributed by atoms with van der Waals surface area (Å²) in [5.74, 6) is 0.541. The van der Waals surface area contributed by atoms with Crippen molar-refractivity contribution in [1.29, 1.82) is 0 Å². The highest BCUT2D eigenvalue weighted by Gasteiger charge is 2.07. The van der Waals surface area contributed by atoms with Crippen LogP contribution in [0.4, 0.5) is 4.39 Å². The van der Waals surface area contributed by atoms with Crippen molar-refractivity contribution >= 4 is 15.9 Å². The van der Waals surface area contributed by atoms with Gasteiger partial charge in [-0.05, 0) is 53.2 Å². The summed E-state index contributed by atoms with van der Waals surface area (Å²) in [6.07, 6.45) is 2.38. The van der Waals surface area contributed by atoms with Gasteiger partial charge in [0, 0.05) is 12.6 Å². The van der Waals surface area contributed by atoms with Crippen molar-refractivity contribution in [1.82, 2.24) is 5.32 Å². The lowest BCUT2D eigenvalue weighted by molar-refractivity contribution is 0.450. The van der Waals surface area contributed by atoms with Crippen LogP contribution in [0.5, 0.6) is 0 Å². The minimum absolute atomic E-state index is 0.195. The molecule has 17 heavy (non-hydrogen) atoms. The van der Waals surface area contributed by atoms with Gasteiger partial charge in [0.25, 0.3) is 0 Å². The van der Waals surface area contributed by atoms with E-state index in [4.69, 9.17) is 0 Å². The molecule has 3 heteroatoms. The fourth-order valence-corrected chi connectivity index (χ4v) is 2.06. The number of hydrogen-bond acceptors (Lipinski definition) is 1. The summed E-state index contributed by atoms with van der Waals surface area (Å²) < 4.78 is 13.9. The van der Waals surface area contributed by atoms with Crippen molar-refractivity contribution in [3.05, 3.63) is 34.1 Å². The maximum Gasteiger partial charge on any atom is 0.137 e. The molecule has 1 unspecified atom stereocenters. The minimum atomic E-state index is -0.195. The third kappa shape index (κ3) is 5.17. The van der Waals surface area contributed by atoms with Gasteiger partial charge in [0.2, 0.25) is 0 Å². The predicted octanol–water partition coefficient (Wildman–Crippen LogP) is 4.50. The molecule has 0 fully saturated rings. The van der Waals surface area contributed by atoms with Gasteiger partial charge in [-0.25, -0.2) is 4.39 Å². The number of nitrogens with one attached hydrogen (secondary N) is 1. The largest absolute Gasteiger partial charge is 0.310 e. The van der Waals surface area contributed by atoms with E-state index in [2.05, 4.69) is 42.0 Å². The fraction of sp³-hybridized carbons (Fsp3) is 0.571. The molecule has 1 aromatic rings. The lowest BCUT2D eigenvalue weighted by Gasteiger charge is -2.15. The Morgan fingerprint density at radius 2 is 1.94 bits per heavy atom. The third-order valence-corrected chi connectivity index (χ3v) is 3.74. The van der Waals surface area contributed by atoms with E-state index in [0.29, 0.717) is 17.1 Å². The summed E-state index contributed by atoms with van der Waals surface area (Å²) in [6.45, 7) is 7.35. The molecular weight excluding hydrogens is 281 g/mol. The van der Waals surface area contributed by atoms with Crippen molar-refractivity contribution in [2.45, 2.75) is 46.2 Å². The summed E-state index contributed by atoms with van der Waals surface area (Å²) in [7, 11) is 0. The Morgan fingerprint density at radius 3 is 2.59 bits per heavy atom. The van der Waals surface area contributed by atoms with Crippen molar-refractivity contribution in [3.63, 3.8) is 0 Å². The van der Waals surface area contributed by atoms with E-state index >= 15 is 0 Å². The Balaban J connectivity index is 2.42. The van der Waals surface area contributed by atoms with Gasteiger partial charge in [-0.15, -0.1) is 0 Å². The van der Waals surface area contributed by atoms with Crippen LogP contribution in [0.2, 0.25) is 0 Å². The number of hydrogen-bond donors (Lipinski definition) is 1. The quantitative estimate of drug-likeness (QED) is 0.815. The molecule has 0 aliphatic rings. The zero-order valence-electron chi connectivity index (χ0n) is 10.8. The minimum Gasteiger partial charge on any atom is -0.310 e. The molecule has 0 aliphatic carbocycles. The van der Waals surface area contributed by atoms with E-state index in [1.807, 2.05) is 6.07 Å². The third-order valence-electron chi connectivity index (χ3n) is 2.85. The van der Waals surface area contributed by atoms with E-state index in [9.17, 15) is 4.39 Å². The van der Waals surface area contributed by atoms with E-state index in [1.54, 1.807) is 6.07 Å². The molecule has 1 atom stereocenters. The van der Waals surface area contributed by atoms with Crippen molar-refractivity contribution < 1.29 is 4.39 Å². The van der Waals surface area contributed by atoms with Gasteiger partial charge in [0.1, 0.15) is 5.82 Å². The Kier molecular flexibility index (Phi) is 6.14. The van der Waals surface area contributed by atoms with E-state index in [1.165, 1.54) is 12.5 Å². The average molecular weight is 302 g/mol. The molecule has 0 saturated heterocycles. The average Bonchev–Trinajstić information content (AvgIpc) is 2.28. The highest BCUT2D eigenvalue weighted by molar-refractivity contribution is 9.10. The standard InChI is InChI=1S/C14H21BrFN/c1-10(2)7-8-11(3)17-9-12-5-4-6-13(16)14(12)15/h4-6,10-11,17H,7-9H2,1-3H3. The van der Waals surface area contributed by atoms with Crippen LogP contribution in [0, 0.1) is 11.7 Å². The van der Waals surface area contributed by atoms with Crippen LogP contribution < -0.4 is 5.32 Å². The Bertz CT molecular complexity index is 352. The molecule has 0 amide bonds. The van der Waals surface area contributed by atoms with Crippen LogP contribution in [-0.4, -0.2) is 6.04 Å². The molecule has 0 aliphatic heterocycles. The molecule has 1 nitrogen and oxygen atoms in total. The van der Waals surface area contributed by atoms with Gasteiger partial charge >= 0.3 is 0 Å². The zero-order chi connectivity index (χ0) is 12.8. The maximum atomic E-state index is 13.3. The van der Waals surface area contributed by atoms with Crippen LogP contribution in [0.15, 0.2) is 22.7 Å². The second-order valence-electron chi connectivity index (χ2n) is 4.97. The first-order valence-corrected chi connectivity index (χ1v) is 6.96. The second kappa shape index (κ2) is 7.12. The lowest BCUT2D eigenvalue weighted by atomic mass is 10.0. The molecule has 0 heterocycles. The molecule has 0 saturated carbocycles. The SMILES string of the molecule is CC(C)CCC(C)NCc1cccc(F)c1Br. The Hall–Kier alpha value is -0.410. The Morgan fingerprint density at radius 1 is 1.24 bits per heavy atom. The smallest absolute Gasteiger partial charge is 0.137 e. The van der Waals surface area contributed by atoms with E-state index < -0.39 is 0 Å². The first-order valence-electron chi connectivity index (χ1n) is 6.17. The number of benzene rings is 1.